The van der Waals surface area contributed by atoms with Gasteiger partial charge in [0.25, 0.3) is 0 Å². The molecule has 2 aromatic heterocycles. The smallest absolute Gasteiger partial charge is 0.227 e. The van der Waals surface area contributed by atoms with E-state index in [9.17, 15) is 9.90 Å². The Labute approximate surface area is 151 Å². The van der Waals surface area contributed by atoms with Crippen LogP contribution in [0.5, 0.6) is 5.75 Å². The van der Waals surface area contributed by atoms with E-state index in [0.29, 0.717) is 18.1 Å². The lowest BCUT2D eigenvalue weighted by molar-refractivity contribution is 0.219. The molecular formula is C19H22N4O3. The molecule has 1 aliphatic heterocycles. The van der Waals surface area contributed by atoms with Gasteiger partial charge in [-0.25, -0.2) is 4.98 Å². The second-order valence-corrected chi connectivity index (χ2v) is 6.72. The molecule has 3 aromatic rings. The number of aromatic hydroxyl groups is 1. The summed E-state index contributed by atoms with van der Waals surface area (Å²) in [7, 11) is 2.04. The van der Waals surface area contributed by atoms with E-state index in [2.05, 4.69) is 20.4 Å². The zero-order valence-corrected chi connectivity index (χ0v) is 15.0. The molecule has 0 radical (unpaired) electrons. The molecule has 0 bridgehead atoms. The Morgan fingerprint density at radius 2 is 1.92 bits per heavy atom. The topological polar surface area (TPSA) is 74.7 Å². The van der Waals surface area contributed by atoms with Crippen molar-refractivity contribution in [3.8, 4) is 5.75 Å². The van der Waals surface area contributed by atoms with Crippen LogP contribution in [-0.2, 0) is 13.6 Å². The Hall–Kier alpha value is -2.80. The zero-order chi connectivity index (χ0) is 18.3. The normalized spacial score (nSPS) is 15.7. The number of hydrogen-bond acceptors (Lipinski definition) is 6. The average Bonchev–Trinajstić information content (AvgIpc) is 2.97. The number of imidazole rings is 1. The van der Waals surface area contributed by atoms with E-state index in [0.717, 1.165) is 43.2 Å². The quantitative estimate of drug-likeness (QED) is 0.774. The number of aromatic nitrogens is 2. The van der Waals surface area contributed by atoms with Crippen LogP contribution in [0.3, 0.4) is 0 Å². The van der Waals surface area contributed by atoms with Crippen molar-refractivity contribution >= 4 is 17.0 Å². The molecule has 7 nitrogen and oxygen atoms in total. The van der Waals surface area contributed by atoms with Gasteiger partial charge in [0.1, 0.15) is 5.76 Å². The van der Waals surface area contributed by atoms with Gasteiger partial charge in [0, 0.05) is 39.3 Å². The first-order valence-electron chi connectivity index (χ1n) is 8.74. The van der Waals surface area contributed by atoms with E-state index < -0.39 is 0 Å². The third-order valence-electron chi connectivity index (χ3n) is 4.90. The van der Waals surface area contributed by atoms with E-state index in [4.69, 9.17) is 9.40 Å². The molecule has 136 valence electrons. The van der Waals surface area contributed by atoms with Crippen molar-refractivity contribution in [3.05, 3.63) is 52.1 Å². The SMILES string of the molecule is Cc1cc(=O)c(O)c(CN2CCN(c3nc4ccccc4n3C)CC2)o1. The number of piperazine rings is 1. The minimum atomic E-state index is -0.387. The van der Waals surface area contributed by atoms with Gasteiger partial charge < -0.3 is 19.0 Å². The summed E-state index contributed by atoms with van der Waals surface area (Å²) in [5, 5.41) is 9.94. The maximum Gasteiger partial charge on any atom is 0.227 e. The van der Waals surface area contributed by atoms with Crippen molar-refractivity contribution in [2.24, 2.45) is 7.05 Å². The van der Waals surface area contributed by atoms with E-state index in [1.807, 2.05) is 25.2 Å². The summed E-state index contributed by atoms with van der Waals surface area (Å²) in [5.74, 6) is 1.54. The molecule has 0 atom stereocenters. The van der Waals surface area contributed by atoms with Gasteiger partial charge in [-0.3, -0.25) is 9.69 Å². The van der Waals surface area contributed by atoms with Gasteiger partial charge in [0.15, 0.2) is 5.76 Å². The van der Waals surface area contributed by atoms with Crippen molar-refractivity contribution in [1.82, 2.24) is 14.5 Å². The van der Waals surface area contributed by atoms with Gasteiger partial charge >= 0.3 is 0 Å². The van der Waals surface area contributed by atoms with Gasteiger partial charge in [-0.15, -0.1) is 0 Å². The Morgan fingerprint density at radius 3 is 2.65 bits per heavy atom. The number of nitrogens with zero attached hydrogens (tertiary/aromatic N) is 4. The lowest BCUT2D eigenvalue weighted by Crippen LogP contribution is -2.46. The summed E-state index contributed by atoms with van der Waals surface area (Å²) in [6.07, 6.45) is 0. The van der Waals surface area contributed by atoms with Crippen molar-refractivity contribution in [2.75, 3.05) is 31.1 Å². The summed E-state index contributed by atoms with van der Waals surface area (Å²) in [6.45, 7) is 5.41. The molecule has 1 fully saturated rings. The number of benzene rings is 1. The number of aryl methyl sites for hydroxylation is 2. The molecule has 1 aromatic carbocycles. The van der Waals surface area contributed by atoms with Crippen LogP contribution < -0.4 is 10.3 Å². The fourth-order valence-electron chi connectivity index (χ4n) is 3.49. The van der Waals surface area contributed by atoms with Crippen LogP contribution in [-0.4, -0.2) is 45.7 Å². The Morgan fingerprint density at radius 1 is 1.19 bits per heavy atom. The molecular weight excluding hydrogens is 332 g/mol. The molecule has 0 unspecified atom stereocenters. The first kappa shape index (κ1) is 16.7. The summed E-state index contributed by atoms with van der Waals surface area (Å²) in [4.78, 5) is 20.9. The standard InChI is InChI=1S/C19H22N4O3/c1-13-11-16(24)18(25)17(26-13)12-22-7-9-23(10-8-22)19-20-14-5-3-4-6-15(14)21(19)2/h3-6,11,25H,7-10,12H2,1-2H3. The van der Waals surface area contributed by atoms with Crippen LogP contribution in [0.2, 0.25) is 0 Å². The minimum Gasteiger partial charge on any atom is -0.502 e. The molecule has 26 heavy (non-hydrogen) atoms. The van der Waals surface area contributed by atoms with E-state index >= 15 is 0 Å². The van der Waals surface area contributed by atoms with Crippen molar-refractivity contribution < 1.29 is 9.52 Å². The number of anilines is 1. The highest BCUT2D eigenvalue weighted by molar-refractivity contribution is 5.78. The molecule has 4 rings (SSSR count). The van der Waals surface area contributed by atoms with Gasteiger partial charge in [-0.1, -0.05) is 12.1 Å². The van der Waals surface area contributed by atoms with E-state index in [1.165, 1.54) is 6.07 Å². The number of para-hydroxylation sites is 2. The second kappa shape index (κ2) is 6.49. The number of rotatable bonds is 3. The second-order valence-electron chi connectivity index (χ2n) is 6.72. The molecule has 7 heteroatoms. The van der Waals surface area contributed by atoms with E-state index in [1.54, 1.807) is 6.92 Å². The lowest BCUT2D eigenvalue weighted by Gasteiger charge is -2.34. The average molecular weight is 354 g/mol. The molecule has 0 amide bonds. The van der Waals surface area contributed by atoms with Crippen LogP contribution in [0.4, 0.5) is 5.95 Å². The van der Waals surface area contributed by atoms with Crippen LogP contribution in [0.25, 0.3) is 11.0 Å². The highest BCUT2D eigenvalue weighted by Gasteiger charge is 2.23. The van der Waals surface area contributed by atoms with Crippen LogP contribution >= 0.6 is 0 Å². The molecule has 0 saturated carbocycles. The van der Waals surface area contributed by atoms with Gasteiger partial charge in [-0.05, 0) is 19.1 Å². The molecule has 1 aliphatic rings. The molecule has 3 heterocycles. The van der Waals surface area contributed by atoms with Gasteiger partial charge in [0.05, 0.1) is 17.6 Å². The Bertz CT molecular complexity index is 1000. The zero-order valence-electron chi connectivity index (χ0n) is 15.0. The van der Waals surface area contributed by atoms with Crippen molar-refractivity contribution in [3.63, 3.8) is 0 Å². The molecule has 1 saturated heterocycles. The van der Waals surface area contributed by atoms with Gasteiger partial charge in [0.2, 0.25) is 17.1 Å². The predicted octanol–water partition coefficient (Wildman–Crippen LogP) is 1.86. The van der Waals surface area contributed by atoms with Crippen LogP contribution in [0, 0.1) is 6.92 Å². The fraction of sp³-hybridized carbons (Fsp3) is 0.368. The molecule has 0 spiro atoms. The van der Waals surface area contributed by atoms with Crippen molar-refractivity contribution in [2.45, 2.75) is 13.5 Å². The number of fused-ring (bicyclic) bond motifs is 1. The maximum atomic E-state index is 11.7. The van der Waals surface area contributed by atoms with Crippen LogP contribution in [0.15, 0.2) is 39.5 Å². The summed E-state index contributed by atoms with van der Waals surface area (Å²) in [5.41, 5.74) is 1.73. The Kier molecular flexibility index (Phi) is 4.16. The lowest BCUT2D eigenvalue weighted by atomic mass is 10.2. The number of hydrogen-bond donors (Lipinski definition) is 1. The first-order chi connectivity index (χ1) is 12.5. The highest BCUT2D eigenvalue weighted by Crippen LogP contribution is 2.23. The Balaban J connectivity index is 1.47. The summed E-state index contributed by atoms with van der Waals surface area (Å²) < 4.78 is 7.66. The summed E-state index contributed by atoms with van der Waals surface area (Å²) in [6, 6.07) is 9.43. The van der Waals surface area contributed by atoms with Gasteiger partial charge in [-0.2, -0.15) is 0 Å². The highest BCUT2D eigenvalue weighted by atomic mass is 16.4. The molecule has 0 aliphatic carbocycles. The monoisotopic (exact) mass is 354 g/mol. The van der Waals surface area contributed by atoms with Crippen LogP contribution in [0.1, 0.15) is 11.5 Å². The fourth-order valence-corrected chi connectivity index (χ4v) is 3.49. The minimum absolute atomic E-state index is 0.284. The maximum absolute atomic E-state index is 11.7. The first-order valence-corrected chi connectivity index (χ1v) is 8.74. The predicted molar refractivity (Wildman–Crippen MR) is 99.6 cm³/mol. The third-order valence-corrected chi connectivity index (χ3v) is 4.90. The van der Waals surface area contributed by atoms with E-state index in [-0.39, 0.29) is 11.2 Å². The third kappa shape index (κ3) is 2.94. The van der Waals surface area contributed by atoms with Crippen molar-refractivity contribution in [1.29, 1.82) is 0 Å². The summed E-state index contributed by atoms with van der Waals surface area (Å²) >= 11 is 0. The largest absolute Gasteiger partial charge is 0.502 e. The molecule has 1 N–H and O–H groups in total.